The van der Waals surface area contributed by atoms with E-state index in [1.807, 2.05) is 0 Å². The van der Waals surface area contributed by atoms with Crippen LogP contribution in [0.15, 0.2) is 38.0 Å². The second-order valence-corrected chi connectivity index (χ2v) is 30.6. The van der Waals surface area contributed by atoms with Gasteiger partial charge in [0.2, 0.25) is 0 Å². The summed E-state index contributed by atoms with van der Waals surface area (Å²) in [5, 5.41) is 0. The average Bonchev–Trinajstić information content (AvgIpc) is 3.35. The van der Waals surface area contributed by atoms with Gasteiger partial charge in [-0.25, -0.2) is 0 Å². The molecule has 0 amide bonds. The normalized spacial score (nSPS) is 30.1. The summed E-state index contributed by atoms with van der Waals surface area (Å²) < 4.78 is 10.0. The number of hydrogen-bond donors (Lipinski definition) is 0. The Morgan fingerprint density at radius 1 is 0.273 bits per heavy atom. The molecule has 0 aromatic rings. The highest BCUT2D eigenvalue weighted by molar-refractivity contribution is 6.09. The quantitative estimate of drug-likeness (QED) is 0.0369. The lowest BCUT2D eigenvalue weighted by Gasteiger charge is -2.36. The summed E-state index contributed by atoms with van der Waals surface area (Å²) in [5.74, 6) is 12.0. The fraction of sp³-hybridized carbons (Fsp3) is 0.898. The molecule has 0 aromatic carbocycles. The molecule has 4 rings (SSSR count). The van der Waals surface area contributed by atoms with E-state index >= 15 is 0 Å². The summed E-state index contributed by atoms with van der Waals surface area (Å²) in [6.45, 7) is 11.6. The van der Waals surface area contributed by atoms with E-state index in [0.29, 0.717) is 17.8 Å². The molecule has 0 N–H and O–H groups in total. The lowest BCUT2D eigenvalue weighted by molar-refractivity contribution is 0.164. The maximum atomic E-state index is 5.00. The topological polar surface area (TPSA) is 0 Å². The van der Waals surface area contributed by atoms with E-state index in [1.165, 1.54) is 165 Å². The number of unbranched alkanes of at least 4 members (excludes halogenated alkanes) is 3. The number of hydrogen-bond acceptors (Lipinski definition) is 0. The van der Waals surface area contributed by atoms with Crippen LogP contribution in [0.4, 0.5) is 0 Å². The third-order valence-electron chi connectivity index (χ3n) is 17.6. The Labute approximate surface area is 445 Å². The second-order valence-electron chi connectivity index (χ2n) is 23.6. The van der Waals surface area contributed by atoms with Gasteiger partial charge in [0.05, 0.1) is 0 Å². The smallest absolute Gasteiger partial charge is 0.00279 e. The highest BCUT2D eigenvalue weighted by Crippen LogP contribution is 2.43. The minimum atomic E-state index is 0. The van der Waals surface area contributed by atoms with Crippen molar-refractivity contribution < 1.29 is 4.40 Å². The summed E-state index contributed by atoms with van der Waals surface area (Å²) in [4.78, 5) is 0. The van der Waals surface area contributed by atoms with Gasteiger partial charge in [0.25, 0.3) is 0 Å². The molecule has 0 saturated heterocycles. The van der Waals surface area contributed by atoms with Gasteiger partial charge in [0.1, 0.15) is 0 Å². The van der Waals surface area contributed by atoms with Crippen molar-refractivity contribution >= 4 is 71.7 Å². The van der Waals surface area contributed by atoms with Crippen molar-refractivity contribution in [1.82, 2.24) is 0 Å². The Morgan fingerprint density at radius 3 is 0.561 bits per heavy atom. The summed E-state index contributed by atoms with van der Waals surface area (Å²) in [6, 6.07) is 10.8. The molecule has 4 saturated carbocycles. The maximum absolute atomic E-state index is 5.00. The van der Waals surface area contributed by atoms with Gasteiger partial charge in [0.15, 0.2) is 0 Å². The molecule has 0 aromatic heterocycles. The first-order chi connectivity index (χ1) is 32.3. The Kier molecular flexibility index (Phi) is 43.6. The summed E-state index contributed by atoms with van der Waals surface area (Å²) >= 11 is 0. The molecule has 0 bridgehead atoms. The third-order valence-corrected chi connectivity index (χ3v) is 22.5. The molecular formula is C59H132Si7. The Balaban J connectivity index is -0.00000104. The van der Waals surface area contributed by atoms with Gasteiger partial charge in [-0.2, -0.15) is 0 Å². The summed E-state index contributed by atoms with van der Waals surface area (Å²) in [6.07, 6.45) is 55.4. The molecule has 0 aliphatic heterocycles. The van der Waals surface area contributed by atoms with E-state index in [0.717, 1.165) is 53.3 Å². The number of rotatable bonds is 31. The van der Waals surface area contributed by atoms with Crippen molar-refractivity contribution in [2.24, 2.45) is 71.0 Å². The molecule has 4 unspecified atom stereocenters. The maximum Gasteiger partial charge on any atom is 0.00279 e. The predicted octanol–water partition coefficient (Wildman–Crippen LogP) is 12.7. The molecule has 4 atom stereocenters. The molecule has 0 nitrogen and oxygen atoms in total. The zero-order valence-corrected chi connectivity index (χ0v) is 59.4. The Morgan fingerprint density at radius 2 is 0.424 bits per heavy atom. The summed E-state index contributed by atoms with van der Waals surface area (Å²) in [5.41, 5.74) is 0. The van der Waals surface area contributed by atoms with Crippen LogP contribution in [0, 0.1) is 71.0 Å². The second kappa shape index (κ2) is 44.4. The van der Waals surface area contributed by atoms with Crippen molar-refractivity contribution in [2.45, 2.75) is 263 Å². The van der Waals surface area contributed by atoms with Crippen molar-refractivity contribution in [3.8, 4) is 0 Å². The minimum Gasteiger partial charge on any atom is -0.103 e. The third kappa shape index (κ3) is 31.3. The van der Waals surface area contributed by atoms with E-state index in [1.54, 1.807) is 154 Å². The van der Waals surface area contributed by atoms with E-state index in [2.05, 4.69) is 38.0 Å². The van der Waals surface area contributed by atoms with Crippen LogP contribution in [-0.4, -0.2) is 71.7 Å². The first-order valence-corrected chi connectivity index (χ1v) is 40.0. The van der Waals surface area contributed by atoms with E-state index in [-0.39, 0.29) is 16.3 Å². The van der Waals surface area contributed by atoms with Gasteiger partial charge in [-0.05, 0) is 148 Å². The predicted molar refractivity (Wildman–Crippen MR) is 341 cm³/mol. The first-order valence-electron chi connectivity index (χ1n) is 31.1. The monoisotopic (exact) mass is 1040 g/mol. The van der Waals surface area contributed by atoms with E-state index in [4.69, 9.17) is 2.97 Å². The van der Waals surface area contributed by atoms with Crippen molar-refractivity contribution in [2.75, 3.05) is 0 Å². The van der Waals surface area contributed by atoms with Crippen LogP contribution in [0.25, 0.3) is 0 Å². The van der Waals surface area contributed by atoms with E-state index < -0.39 is 0 Å². The highest BCUT2D eigenvalue weighted by Gasteiger charge is 2.30. The molecule has 396 valence electrons. The van der Waals surface area contributed by atoms with Gasteiger partial charge in [-0.15, -0.1) is 19.7 Å². The lowest BCUT2D eigenvalue weighted by Crippen LogP contribution is -2.23. The Hall–Kier alpha value is 0.738. The van der Waals surface area contributed by atoms with Crippen LogP contribution in [0.3, 0.4) is 0 Å². The highest BCUT2D eigenvalue weighted by atomic mass is 28.2. The zero-order chi connectivity index (χ0) is 48.6. The molecule has 7 heteroatoms. The average molecular weight is 1040 g/mol. The van der Waals surface area contributed by atoms with Crippen LogP contribution in [0.1, 0.15) is 225 Å². The molecular weight excluding hydrogens is 905 g/mol. The first kappa shape index (κ1) is 64.8. The largest absolute Gasteiger partial charge is 0.103 e. The molecule has 4 aliphatic carbocycles. The number of allylic oxidation sites excluding steroid dienone is 3. The minimum absolute atomic E-state index is 0. The van der Waals surface area contributed by atoms with Crippen LogP contribution in [0.2, 0.25) is 42.3 Å². The van der Waals surface area contributed by atoms with Crippen LogP contribution in [-0.2, 0) is 0 Å². The van der Waals surface area contributed by atoms with Crippen molar-refractivity contribution in [1.29, 1.82) is 0 Å². The van der Waals surface area contributed by atoms with Crippen molar-refractivity contribution in [3.05, 3.63) is 38.0 Å². The summed E-state index contributed by atoms with van der Waals surface area (Å²) in [7, 11) is 9.95. The Bertz CT molecular complexity index is 965. The van der Waals surface area contributed by atoms with E-state index in [9.17, 15) is 0 Å². The van der Waals surface area contributed by atoms with Gasteiger partial charge >= 0.3 is 0 Å². The van der Waals surface area contributed by atoms with Gasteiger partial charge in [0, 0.05) is 76.1 Å². The van der Waals surface area contributed by atoms with Gasteiger partial charge in [-0.3, -0.25) is 0 Å². The molecule has 4 fully saturated rings. The fourth-order valence-corrected chi connectivity index (χ4v) is 16.8. The zero-order valence-electron chi connectivity index (χ0n) is 47.4. The lowest BCUT2D eigenvalue weighted by atomic mass is 9.70. The van der Waals surface area contributed by atoms with Gasteiger partial charge < -0.3 is 0 Å². The standard InChI is InChI=1S/C30H66Si4.C15H36Si3.C12H18.2CH4.2H2/c31-15-5-11-27-19-25(20-28(23-27)12-6-16-32)9-3-1-2-4-10-26-21-29(13-7-17-33)24-30(22-26)14-8-18-34;16-7-1-4-13-10-14(5-2-8-17)12-15(11-13)6-3-9-18;1-4-10-7-11(5-2)9-12(6-3)8-10;;;;/h25-30H,1-24H2,31-34H3;13-15H,1-12H2,16-18H3;4-6,10-12H,1-3,7-9H2;2*1H4;2*1H/i;;;;;1+2T;1+2. The fourth-order valence-electron chi connectivity index (χ4n) is 13.9. The molecule has 0 heterocycles. The molecule has 0 radical (unpaired) electrons. The van der Waals surface area contributed by atoms with Crippen LogP contribution in [0.5, 0.6) is 0 Å². The van der Waals surface area contributed by atoms with Crippen molar-refractivity contribution in [3.63, 3.8) is 0 Å². The molecule has 0 spiro atoms. The van der Waals surface area contributed by atoms with Gasteiger partial charge in [-0.1, -0.05) is 204 Å². The van der Waals surface area contributed by atoms with Crippen LogP contribution < -0.4 is 0 Å². The molecule has 4 aliphatic rings. The molecule has 66 heavy (non-hydrogen) atoms. The van der Waals surface area contributed by atoms with Crippen LogP contribution >= 0.6 is 0 Å². The SMILES string of the molecule is C.C.C=CC1CC(C=C)CC(C=C)C1.[3HH].[3H][3H].[SiH3]CCCC1CC(CCC[SiH3])CC(CCCCCCC2CC(CCC[SiH3])CC(CCC[SiH3])C2)C1.[SiH3]CCCC1CC(CCC[SiH3])CC(CCC[SiH3])C1.